The van der Waals surface area contributed by atoms with Gasteiger partial charge in [0.1, 0.15) is 0 Å². The second-order valence-corrected chi connectivity index (χ2v) is 5.07. The minimum absolute atomic E-state index is 0.0498. The smallest absolute Gasteiger partial charge is 0.230 e. The summed E-state index contributed by atoms with van der Waals surface area (Å²) >= 11 is 1.40. The van der Waals surface area contributed by atoms with Crippen molar-refractivity contribution in [2.24, 2.45) is 0 Å². The fraction of sp³-hybridized carbons (Fsp3) is 0.800. The summed E-state index contributed by atoms with van der Waals surface area (Å²) in [6, 6.07) is 0.454. The van der Waals surface area contributed by atoms with Crippen LogP contribution in [0, 0.1) is 0 Å². The number of hydrogen-bond acceptors (Lipinski definition) is 5. The Balaban J connectivity index is 1.73. The highest BCUT2D eigenvalue weighted by Gasteiger charge is 2.28. The van der Waals surface area contributed by atoms with E-state index in [9.17, 15) is 4.79 Å². The Hall–Kier alpha value is -1.11. The van der Waals surface area contributed by atoms with E-state index in [2.05, 4.69) is 27.8 Å². The molecule has 0 unspecified atom stereocenters. The van der Waals surface area contributed by atoms with Gasteiger partial charge >= 0.3 is 0 Å². The molecule has 1 aliphatic carbocycles. The molecule has 1 saturated carbocycles. The molecule has 1 aliphatic rings. The zero-order chi connectivity index (χ0) is 12.1. The summed E-state index contributed by atoms with van der Waals surface area (Å²) in [5, 5.41) is 15.1. The first-order valence-corrected chi connectivity index (χ1v) is 6.97. The molecule has 1 heterocycles. The molecule has 1 fully saturated rings. The van der Waals surface area contributed by atoms with Crippen LogP contribution in [-0.2, 0) is 4.79 Å². The Morgan fingerprint density at radius 2 is 2.41 bits per heavy atom. The van der Waals surface area contributed by atoms with Crippen molar-refractivity contribution in [3.8, 4) is 0 Å². The number of unbranched alkanes of at least 4 members (excludes halogenated alkanes) is 1. The van der Waals surface area contributed by atoms with Gasteiger partial charge in [-0.05, 0) is 29.7 Å². The predicted molar refractivity (Wildman–Crippen MR) is 64.7 cm³/mol. The van der Waals surface area contributed by atoms with Crippen LogP contribution in [0.2, 0.25) is 0 Å². The van der Waals surface area contributed by atoms with Gasteiger partial charge in [0.15, 0.2) is 0 Å². The van der Waals surface area contributed by atoms with Gasteiger partial charge in [0, 0.05) is 6.54 Å². The van der Waals surface area contributed by atoms with Crippen molar-refractivity contribution in [3.63, 3.8) is 0 Å². The van der Waals surface area contributed by atoms with E-state index in [4.69, 9.17) is 0 Å². The lowest BCUT2D eigenvalue weighted by molar-refractivity contribution is -0.118. The third-order valence-corrected chi connectivity index (χ3v) is 3.47. The predicted octanol–water partition coefficient (Wildman–Crippen LogP) is 1.02. The molecule has 1 aromatic rings. The molecule has 0 aliphatic heterocycles. The van der Waals surface area contributed by atoms with Crippen molar-refractivity contribution >= 4 is 17.7 Å². The normalized spacial score (nSPS) is 14.9. The third-order valence-electron chi connectivity index (χ3n) is 2.54. The summed E-state index contributed by atoms with van der Waals surface area (Å²) in [6.45, 7) is 2.86. The van der Waals surface area contributed by atoms with Crippen molar-refractivity contribution in [2.45, 2.75) is 43.8 Å². The van der Waals surface area contributed by atoms with E-state index in [1.807, 2.05) is 4.68 Å². The lowest BCUT2D eigenvalue weighted by Crippen LogP contribution is -2.26. The lowest BCUT2D eigenvalue weighted by atomic mass is 10.3. The van der Waals surface area contributed by atoms with Crippen molar-refractivity contribution < 1.29 is 4.79 Å². The molecule has 94 valence electrons. The van der Waals surface area contributed by atoms with Gasteiger partial charge in [-0.25, -0.2) is 4.68 Å². The summed E-state index contributed by atoms with van der Waals surface area (Å²) in [7, 11) is 0. The van der Waals surface area contributed by atoms with Crippen molar-refractivity contribution in [1.29, 1.82) is 0 Å². The van der Waals surface area contributed by atoms with E-state index in [1.165, 1.54) is 11.8 Å². The molecule has 2 rings (SSSR count). The maximum Gasteiger partial charge on any atom is 0.230 e. The Labute approximate surface area is 105 Å². The fourth-order valence-corrected chi connectivity index (χ4v) is 2.19. The molecule has 0 radical (unpaired) electrons. The van der Waals surface area contributed by atoms with Crippen LogP contribution in [0.1, 0.15) is 38.6 Å². The standard InChI is InChI=1S/C10H17N5OS/c1-2-3-6-11-9(16)7-17-10-12-13-14-15(10)8-4-5-8/h8H,2-7H2,1H3,(H,11,16). The monoisotopic (exact) mass is 255 g/mol. The number of tetrazole rings is 1. The number of rotatable bonds is 7. The zero-order valence-electron chi connectivity index (χ0n) is 9.93. The van der Waals surface area contributed by atoms with Gasteiger partial charge in [-0.1, -0.05) is 25.1 Å². The largest absolute Gasteiger partial charge is 0.355 e. The van der Waals surface area contributed by atoms with Gasteiger partial charge < -0.3 is 5.32 Å². The molecule has 0 aromatic carbocycles. The number of nitrogens with one attached hydrogen (secondary N) is 1. The second kappa shape index (κ2) is 6.00. The van der Waals surface area contributed by atoms with E-state index in [-0.39, 0.29) is 5.91 Å². The van der Waals surface area contributed by atoms with Gasteiger partial charge in [-0.15, -0.1) is 5.10 Å². The molecule has 0 bridgehead atoms. The van der Waals surface area contributed by atoms with Crippen molar-refractivity contribution in [2.75, 3.05) is 12.3 Å². The van der Waals surface area contributed by atoms with Crippen LogP contribution in [0.15, 0.2) is 5.16 Å². The highest BCUT2D eigenvalue weighted by molar-refractivity contribution is 7.99. The third kappa shape index (κ3) is 3.69. The zero-order valence-corrected chi connectivity index (χ0v) is 10.7. The minimum Gasteiger partial charge on any atom is -0.355 e. The van der Waals surface area contributed by atoms with Gasteiger partial charge in [-0.3, -0.25) is 4.79 Å². The highest BCUT2D eigenvalue weighted by Crippen LogP contribution is 2.36. The first-order chi connectivity index (χ1) is 8.31. The number of aromatic nitrogens is 4. The van der Waals surface area contributed by atoms with Gasteiger partial charge in [0.05, 0.1) is 11.8 Å². The Morgan fingerprint density at radius 1 is 1.59 bits per heavy atom. The molecule has 1 amide bonds. The number of amides is 1. The van der Waals surface area contributed by atoms with E-state index in [1.54, 1.807) is 0 Å². The lowest BCUT2D eigenvalue weighted by Gasteiger charge is -2.04. The number of thioether (sulfide) groups is 1. The molecule has 0 atom stereocenters. The Kier molecular flexibility index (Phi) is 4.36. The topological polar surface area (TPSA) is 72.7 Å². The number of nitrogens with zero attached hydrogens (tertiary/aromatic N) is 4. The average molecular weight is 255 g/mol. The highest BCUT2D eigenvalue weighted by atomic mass is 32.2. The van der Waals surface area contributed by atoms with Gasteiger partial charge in [0.25, 0.3) is 0 Å². The van der Waals surface area contributed by atoms with E-state index >= 15 is 0 Å². The summed E-state index contributed by atoms with van der Waals surface area (Å²) in [4.78, 5) is 11.5. The van der Waals surface area contributed by atoms with Crippen LogP contribution in [0.4, 0.5) is 0 Å². The van der Waals surface area contributed by atoms with E-state index in [0.29, 0.717) is 11.8 Å². The molecule has 0 saturated heterocycles. The number of carbonyl (C=O) groups excluding carboxylic acids is 1. The van der Waals surface area contributed by atoms with Crippen LogP contribution >= 0.6 is 11.8 Å². The van der Waals surface area contributed by atoms with Crippen molar-refractivity contribution in [3.05, 3.63) is 0 Å². The summed E-state index contributed by atoms with van der Waals surface area (Å²) in [6.07, 6.45) is 4.40. The molecule has 17 heavy (non-hydrogen) atoms. The number of hydrogen-bond donors (Lipinski definition) is 1. The molecule has 0 spiro atoms. The first kappa shape index (κ1) is 12.3. The van der Waals surface area contributed by atoms with E-state index < -0.39 is 0 Å². The van der Waals surface area contributed by atoms with Crippen LogP contribution in [0.5, 0.6) is 0 Å². The second-order valence-electron chi connectivity index (χ2n) is 4.13. The van der Waals surface area contributed by atoms with Crippen LogP contribution in [-0.4, -0.2) is 38.4 Å². The SMILES string of the molecule is CCCCNC(=O)CSc1nnnn1C1CC1. The molecule has 1 N–H and O–H groups in total. The summed E-state index contributed by atoms with van der Waals surface area (Å²) < 4.78 is 1.82. The van der Waals surface area contributed by atoms with Crippen LogP contribution in [0.3, 0.4) is 0 Å². The quantitative estimate of drug-likeness (QED) is 0.581. The molecule has 6 nitrogen and oxygen atoms in total. The minimum atomic E-state index is 0.0498. The van der Waals surface area contributed by atoms with Crippen LogP contribution in [0.25, 0.3) is 0 Å². The maximum absolute atomic E-state index is 11.5. The average Bonchev–Trinajstić information content (AvgIpc) is 3.06. The van der Waals surface area contributed by atoms with Gasteiger partial charge in [-0.2, -0.15) is 0 Å². The maximum atomic E-state index is 11.5. The van der Waals surface area contributed by atoms with Crippen molar-refractivity contribution in [1.82, 2.24) is 25.5 Å². The Bertz CT molecular complexity index is 377. The summed E-state index contributed by atoms with van der Waals surface area (Å²) in [5.41, 5.74) is 0. The van der Waals surface area contributed by atoms with Gasteiger partial charge in [0.2, 0.25) is 11.1 Å². The first-order valence-electron chi connectivity index (χ1n) is 5.98. The summed E-state index contributed by atoms with van der Waals surface area (Å²) in [5.74, 6) is 0.436. The molecule has 7 heteroatoms. The molecular weight excluding hydrogens is 238 g/mol. The molecule has 1 aromatic heterocycles. The number of carbonyl (C=O) groups is 1. The van der Waals surface area contributed by atoms with E-state index in [0.717, 1.165) is 37.4 Å². The molecular formula is C10H17N5OS. The Morgan fingerprint density at radius 3 is 3.12 bits per heavy atom. The van der Waals surface area contributed by atoms with Crippen LogP contribution < -0.4 is 5.32 Å². The fourth-order valence-electron chi connectivity index (χ4n) is 1.41.